The lowest BCUT2D eigenvalue weighted by atomic mass is 9.90. The lowest BCUT2D eigenvalue weighted by Crippen LogP contribution is -2.46. The van der Waals surface area contributed by atoms with Crippen LogP contribution in [0.4, 0.5) is 0 Å². The molecule has 1 atom stereocenters. The van der Waals surface area contributed by atoms with Gasteiger partial charge < -0.3 is 15.0 Å². The van der Waals surface area contributed by atoms with Gasteiger partial charge in [-0.15, -0.1) is 0 Å². The molecule has 1 aliphatic rings. The van der Waals surface area contributed by atoms with Crippen LogP contribution in [0.15, 0.2) is 60.7 Å². The van der Waals surface area contributed by atoms with E-state index in [0.29, 0.717) is 6.54 Å². The van der Waals surface area contributed by atoms with E-state index in [2.05, 4.69) is 17.3 Å². The molecular weight excluding hydrogens is 300 g/mol. The second kappa shape index (κ2) is 8.08. The van der Waals surface area contributed by atoms with Crippen LogP contribution in [0, 0.1) is 0 Å². The van der Waals surface area contributed by atoms with Crippen LogP contribution in [0.3, 0.4) is 0 Å². The van der Waals surface area contributed by atoms with Crippen molar-refractivity contribution in [3.8, 4) is 0 Å². The third-order valence-corrected chi connectivity index (χ3v) is 4.37. The summed E-state index contributed by atoms with van der Waals surface area (Å²) in [5.74, 6) is -0.280. The van der Waals surface area contributed by atoms with E-state index in [1.165, 1.54) is 0 Å². The van der Waals surface area contributed by atoms with Gasteiger partial charge in [-0.1, -0.05) is 60.7 Å². The number of hydrogen-bond acceptors (Lipinski definition) is 3. The van der Waals surface area contributed by atoms with Gasteiger partial charge in [-0.3, -0.25) is 4.79 Å². The van der Waals surface area contributed by atoms with Crippen LogP contribution in [-0.4, -0.2) is 50.2 Å². The van der Waals surface area contributed by atoms with E-state index in [9.17, 15) is 4.79 Å². The maximum Gasteiger partial charge on any atom is 0.232 e. The zero-order valence-corrected chi connectivity index (χ0v) is 14.0. The number of nitrogens with zero attached hydrogens (tertiary/aromatic N) is 1. The predicted molar refractivity (Wildman–Crippen MR) is 95.0 cm³/mol. The fourth-order valence-electron chi connectivity index (χ4n) is 3.09. The minimum absolute atomic E-state index is 0.0178. The van der Waals surface area contributed by atoms with Gasteiger partial charge in [-0.25, -0.2) is 0 Å². The van der Waals surface area contributed by atoms with Crippen molar-refractivity contribution in [1.82, 2.24) is 10.2 Å². The smallest absolute Gasteiger partial charge is 0.232 e. The number of ether oxygens (including phenoxy) is 1. The Kier molecular flexibility index (Phi) is 5.62. The highest BCUT2D eigenvalue weighted by molar-refractivity contribution is 5.87. The van der Waals surface area contributed by atoms with E-state index in [1.54, 1.807) is 0 Å². The van der Waals surface area contributed by atoms with Crippen LogP contribution in [0.5, 0.6) is 0 Å². The second-order valence-corrected chi connectivity index (χ2v) is 6.25. The second-order valence-electron chi connectivity index (χ2n) is 6.25. The molecule has 1 fully saturated rings. The first-order valence-electron chi connectivity index (χ1n) is 8.42. The number of morpholine rings is 1. The van der Waals surface area contributed by atoms with Crippen LogP contribution in [0.25, 0.3) is 0 Å². The number of rotatable bonds is 5. The Hall–Kier alpha value is -2.17. The third-order valence-electron chi connectivity index (χ3n) is 4.37. The first kappa shape index (κ1) is 16.7. The average molecular weight is 324 g/mol. The van der Waals surface area contributed by atoms with Crippen molar-refractivity contribution in [3.63, 3.8) is 0 Å². The number of hydrogen-bond donors (Lipinski definition) is 1. The minimum Gasteiger partial charge on any atom is -0.374 e. The van der Waals surface area contributed by atoms with Crippen molar-refractivity contribution in [2.45, 2.75) is 12.0 Å². The van der Waals surface area contributed by atoms with Crippen molar-refractivity contribution >= 4 is 5.91 Å². The molecule has 126 valence electrons. The van der Waals surface area contributed by atoms with Crippen LogP contribution >= 0.6 is 0 Å². The highest BCUT2D eigenvalue weighted by atomic mass is 16.5. The van der Waals surface area contributed by atoms with Gasteiger partial charge in [0.25, 0.3) is 0 Å². The fourth-order valence-corrected chi connectivity index (χ4v) is 3.09. The van der Waals surface area contributed by atoms with Crippen molar-refractivity contribution in [2.75, 3.05) is 33.3 Å². The summed E-state index contributed by atoms with van der Waals surface area (Å²) < 4.78 is 5.73. The topological polar surface area (TPSA) is 41.6 Å². The summed E-state index contributed by atoms with van der Waals surface area (Å²) in [6, 6.07) is 19.8. The largest absolute Gasteiger partial charge is 0.374 e. The molecule has 1 aliphatic heterocycles. The first-order valence-corrected chi connectivity index (χ1v) is 8.42. The van der Waals surface area contributed by atoms with E-state index in [4.69, 9.17) is 4.74 Å². The van der Waals surface area contributed by atoms with Gasteiger partial charge in [0.1, 0.15) is 0 Å². The molecule has 2 aromatic rings. The molecule has 24 heavy (non-hydrogen) atoms. The SMILES string of the molecule is CN1CCOC(CNC(=O)C(c2ccccc2)c2ccccc2)C1. The lowest BCUT2D eigenvalue weighted by molar-refractivity contribution is -0.122. The molecule has 3 rings (SSSR count). The molecule has 0 bridgehead atoms. The average Bonchev–Trinajstić information content (AvgIpc) is 2.62. The van der Waals surface area contributed by atoms with Crippen molar-refractivity contribution in [3.05, 3.63) is 71.8 Å². The van der Waals surface area contributed by atoms with E-state index < -0.39 is 0 Å². The molecule has 1 N–H and O–H groups in total. The van der Waals surface area contributed by atoms with E-state index >= 15 is 0 Å². The highest BCUT2D eigenvalue weighted by Crippen LogP contribution is 2.24. The Balaban J connectivity index is 1.72. The zero-order chi connectivity index (χ0) is 16.8. The summed E-state index contributed by atoms with van der Waals surface area (Å²) in [5, 5.41) is 3.08. The maximum atomic E-state index is 12.9. The van der Waals surface area contributed by atoms with Crippen LogP contribution in [-0.2, 0) is 9.53 Å². The molecule has 0 aromatic heterocycles. The fraction of sp³-hybridized carbons (Fsp3) is 0.350. The molecule has 1 saturated heterocycles. The monoisotopic (exact) mass is 324 g/mol. The zero-order valence-electron chi connectivity index (χ0n) is 14.0. The standard InChI is InChI=1S/C20H24N2O2/c1-22-12-13-24-18(15-22)14-21-20(23)19(16-8-4-2-5-9-16)17-10-6-3-7-11-17/h2-11,18-19H,12-15H2,1H3,(H,21,23). The van der Waals surface area contributed by atoms with Gasteiger partial charge in [0.05, 0.1) is 18.6 Å². The Morgan fingerprint density at radius 1 is 1.12 bits per heavy atom. The molecule has 0 spiro atoms. The normalized spacial score (nSPS) is 18.5. The Bertz CT molecular complexity index is 606. The van der Waals surface area contributed by atoms with Gasteiger partial charge in [-0.05, 0) is 18.2 Å². The number of benzene rings is 2. The van der Waals surface area contributed by atoms with Gasteiger partial charge in [0, 0.05) is 19.6 Å². The summed E-state index contributed by atoms with van der Waals surface area (Å²) in [6.07, 6.45) is 0.0555. The van der Waals surface area contributed by atoms with Gasteiger partial charge in [0.2, 0.25) is 5.91 Å². The molecule has 0 radical (unpaired) electrons. The first-order chi connectivity index (χ1) is 11.7. The van der Waals surface area contributed by atoms with Gasteiger partial charge in [0.15, 0.2) is 0 Å². The molecule has 0 saturated carbocycles. The van der Waals surface area contributed by atoms with Crippen LogP contribution in [0.2, 0.25) is 0 Å². The van der Waals surface area contributed by atoms with Gasteiger partial charge >= 0.3 is 0 Å². The van der Waals surface area contributed by atoms with Crippen molar-refractivity contribution < 1.29 is 9.53 Å². The Morgan fingerprint density at radius 3 is 2.25 bits per heavy atom. The van der Waals surface area contributed by atoms with E-state index in [0.717, 1.165) is 30.8 Å². The minimum atomic E-state index is -0.297. The predicted octanol–water partition coefficient (Wildman–Crippen LogP) is 2.27. The molecular formula is C20H24N2O2. The summed E-state index contributed by atoms with van der Waals surface area (Å²) in [4.78, 5) is 15.1. The summed E-state index contributed by atoms with van der Waals surface area (Å²) in [7, 11) is 2.08. The van der Waals surface area contributed by atoms with Gasteiger partial charge in [-0.2, -0.15) is 0 Å². The van der Waals surface area contributed by atoms with Crippen molar-refractivity contribution in [2.24, 2.45) is 0 Å². The third kappa shape index (κ3) is 4.22. The lowest BCUT2D eigenvalue weighted by Gasteiger charge is -2.30. The number of likely N-dealkylation sites (N-methyl/N-ethyl adjacent to an activating group) is 1. The summed E-state index contributed by atoms with van der Waals surface area (Å²) in [6.45, 7) is 3.06. The molecule has 4 heteroatoms. The number of carbonyl (C=O) groups is 1. The van der Waals surface area contributed by atoms with Crippen molar-refractivity contribution in [1.29, 1.82) is 0 Å². The van der Waals surface area contributed by atoms with Crippen LogP contribution in [0.1, 0.15) is 17.0 Å². The molecule has 0 aliphatic carbocycles. The Morgan fingerprint density at radius 2 is 1.71 bits per heavy atom. The molecule has 1 unspecified atom stereocenters. The van der Waals surface area contributed by atoms with E-state index in [-0.39, 0.29) is 17.9 Å². The maximum absolute atomic E-state index is 12.9. The molecule has 1 amide bonds. The summed E-state index contributed by atoms with van der Waals surface area (Å²) in [5.41, 5.74) is 2.01. The number of amides is 1. The number of nitrogens with one attached hydrogen (secondary N) is 1. The van der Waals surface area contributed by atoms with E-state index in [1.807, 2.05) is 60.7 Å². The number of carbonyl (C=O) groups excluding carboxylic acids is 1. The van der Waals surface area contributed by atoms with Crippen LogP contribution < -0.4 is 5.32 Å². The molecule has 2 aromatic carbocycles. The summed E-state index contributed by atoms with van der Waals surface area (Å²) >= 11 is 0. The molecule has 4 nitrogen and oxygen atoms in total. The molecule has 1 heterocycles. The highest BCUT2D eigenvalue weighted by Gasteiger charge is 2.24. The quantitative estimate of drug-likeness (QED) is 0.917. The Labute approximate surface area is 143 Å².